The van der Waals surface area contributed by atoms with Gasteiger partial charge in [-0.05, 0) is 32.1 Å². The number of carbonyl (C=O) groups is 1. The van der Waals surface area contributed by atoms with Gasteiger partial charge in [-0.3, -0.25) is 4.79 Å². The van der Waals surface area contributed by atoms with E-state index in [4.69, 9.17) is 4.74 Å². The second-order valence-electron chi connectivity index (χ2n) is 6.54. The van der Waals surface area contributed by atoms with Crippen LogP contribution in [0.2, 0.25) is 0 Å². The summed E-state index contributed by atoms with van der Waals surface area (Å²) in [6.45, 7) is 3.10. The summed E-state index contributed by atoms with van der Waals surface area (Å²) in [6.07, 6.45) is 5.64. The van der Waals surface area contributed by atoms with Crippen LogP contribution in [-0.2, 0) is 19.6 Å². The van der Waals surface area contributed by atoms with Gasteiger partial charge in [0.05, 0.1) is 18.8 Å². The highest BCUT2D eigenvalue weighted by Crippen LogP contribution is 2.40. The Bertz CT molecular complexity index is 505. The Morgan fingerprint density at radius 2 is 1.90 bits per heavy atom. The van der Waals surface area contributed by atoms with Gasteiger partial charge in [-0.25, -0.2) is 12.7 Å². The van der Waals surface area contributed by atoms with Crippen molar-refractivity contribution in [1.29, 1.82) is 0 Å². The van der Waals surface area contributed by atoms with Gasteiger partial charge in [0.2, 0.25) is 15.9 Å². The van der Waals surface area contributed by atoms with Gasteiger partial charge in [-0.1, -0.05) is 0 Å². The molecule has 0 aromatic rings. The van der Waals surface area contributed by atoms with Crippen LogP contribution in [0.5, 0.6) is 0 Å². The fourth-order valence-electron chi connectivity index (χ4n) is 3.99. The van der Waals surface area contributed by atoms with Gasteiger partial charge in [0.15, 0.2) is 0 Å². The average Bonchev–Trinajstić information content (AvgIpc) is 3.07. The molecule has 1 spiro atoms. The number of ether oxygens (including phenoxy) is 1. The number of rotatable bonds is 2. The quantitative estimate of drug-likeness (QED) is 0.741. The molecular weight excluding hydrogens is 292 g/mol. The molecule has 0 aromatic heterocycles. The smallest absolute Gasteiger partial charge is 0.228 e. The van der Waals surface area contributed by atoms with Crippen LogP contribution < -0.4 is 0 Å². The lowest BCUT2D eigenvalue weighted by molar-refractivity contribution is -0.141. The molecule has 0 radical (unpaired) electrons. The van der Waals surface area contributed by atoms with Gasteiger partial charge < -0.3 is 9.64 Å². The minimum Gasteiger partial charge on any atom is -0.381 e. The maximum absolute atomic E-state index is 12.7. The van der Waals surface area contributed by atoms with E-state index in [-0.39, 0.29) is 17.4 Å². The summed E-state index contributed by atoms with van der Waals surface area (Å²) in [4.78, 5) is 14.8. The fourth-order valence-corrected chi connectivity index (χ4v) is 4.83. The Morgan fingerprint density at radius 3 is 2.48 bits per heavy atom. The van der Waals surface area contributed by atoms with E-state index in [0.29, 0.717) is 26.3 Å². The largest absolute Gasteiger partial charge is 0.381 e. The third kappa shape index (κ3) is 2.83. The first-order chi connectivity index (χ1) is 9.92. The third-order valence-corrected chi connectivity index (χ3v) is 6.57. The molecule has 0 aromatic carbocycles. The molecule has 0 aliphatic carbocycles. The molecule has 3 fully saturated rings. The van der Waals surface area contributed by atoms with Crippen molar-refractivity contribution in [3.8, 4) is 0 Å². The molecule has 21 heavy (non-hydrogen) atoms. The Hall–Kier alpha value is -0.660. The molecule has 1 atom stereocenters. The van der Waals surface area contributed by atoms with Gasteiger partial charge in [0.1, 0.15) is 0 Å². The predicted octanol–water partition coefficient (Wildman–Crippen LogP) is 0.440. The van der Waals surface area contributed by atoms with Crippen molar-refractivity contribution < 1.29 is 17.9 Å². The van der Waals surface area contributed by atoms with Crippen LogP contribution >= 0.6 is 0 Å². The highest BCUT2D eigenvalue weighted by Gasteiger charge is 2.47. The van der Waals surface area contributed by atoms with E-state index in [0.717, 1.165) is 38.6 Å². The van der Waals surface area contributed by atoms with E-state index in [1.165, 1.54) is 10.6 Å². The van der Waals surface area contributed by atoms with Crippen LogP contribution in [0.3, 0.4) is 0 Å². The third-order valence-electron chi connectivity index (χ3n) is 5.26. The topological polar surface area (TPSA) is 66.9 Å². The molecule has 0 saturated carbocycles. The molecule has 3 aliphatic heterocycles. The first-order valence-corrected chi connectivity index (χ1v) is 9.62. The van der Waals surface area contributed by atoms with Gasteiger partial charge in [0.25, 0.3) is 0 Å². The fraction of sp³-hybridized carbons (Fsp3) is 0.929. The molecule has 3 rings (SSSR count). The van der Waals surface area contributed by atoms with Crippen LogP contribution in [-0.4, -0.2) is 68.2 Å². The summed E-state index contributed by atoms with van der Waals surface area (Å²) in [5.74, 6) is 0.228. The first-order valence-electron chi connectivity index (χ1n) is 7.77. The highest BCUT2D eigenvalue weighted by molar-refractivity contribution is 7.88. The van der Waals surface area contributed by atoms with E-state index in [9.17, 15) is 13.2 Å². The van der Waals surface area contributed by atoms with Crippen LogP contribution in [0.15, 0.2) is 0 Å². The molecule has 6 nitrogen and oxygen atoms in total. The summed E-state index contributed by atoms with van der Waals surface area (Å²) in [6, 6.07) is 0. The van der Waals surface area contributed by atoms with Gasteiger partial charge in [0, 0.05) is 31.8 Å². The van der Waals surface area contributed by atoms with Crippen molar-refractivity contribution in [2.75, 3.05) is 39.1 Å². The molecule has 3 heterocycles. The molecular formula is C14H24N2O4S. The second kappa shape index (κ2) is 5.52. The Balaban J connectivity index is 1.71. The van der Waals surface area contributed by atoms with Crippen molar-refractivity contribution >= 4 is 15.9 Å². The minimum absolute atomic E-state index is 0.00733. The van der Waals surface area contributed by atoms with E-state index < -0.39 is 10.0 Å². The second-order valence-corrected chi connectivity index (χ2v) is 8.52. The lowest BCUT2D eigenvalue weighted by Gasteiger charge is -2.45. The Morgan fingerprint density at radius 1 is 1.19 bits per heavy atom. The number of piperidine rings is 1. The number of hydrogen-bond acceptors (Lipinski definition) is 4. The normalized spacial score (nSPS) is 30.1. The van der Waals surface area contributed by atoms with Crippen LogP contribution in [0.1, 0.15) is 32.1 Å². The summed E-state index contributed by atoms with van der Waals surface area (Å²) in [5.41, 5.74) is -0.110. The standard InChI is InChI=1S/C14H24N2O4S/c1-21(18,19)15-8-5-14(6-9-15)4-2-7-16(14)13(17)12-3-10-20-11-12/h12H,2-11H2,1H3. The first kappa shape index (κ1) is 15.2. The molecule has 0 N–H and O–H groups in total. The number of hydrogen-bond donors (Lipinski definition) is 0. The maximum Gasteiger partial charge on any atom is 0.228 e. The molecule has 3 saturated heterocycles. The van der Waals surface area contributed by atoms with Crippen LogP contribution in [0.4, 0.5) is 0 Å². The predicted molar refractivity (Wildman–Crippen MR) is 78.3 cm³/mol. The van der Waals surface area contributed by atoms with E-state index in [1.54, 1.807) is 0 Å². The number of sulfonamides is 1. The van der Waals surface area contributed by atoms with E-state index in [1.807, 2.05) is 4.90 Å². The maximum atomic E-state index is 12.7. The van der Waals surface area contributed by atoms with Crippen molar-refractivity contribution in [2.45, 2.75) is 37.6 Å². The van der Waals surface area contributed by atoms with Gasteiger partial charge >= 0.3 is 0 Å². The zero-order chi connectivity index (χ0) is 15.1. The summed E-state index contributed by atoms with van der Waals surface area (Å²) in [5, 5.41) is 0. The number of carbonyl (C=O) groups excluding carboxylic acids is 1. The highest BCUT2D eigenvalue weighted by atomic mass is 32.2. The molecule has 3 aliphatic rings. The van der Waals surface area contributed by atoms with E-state index >= 15 is 0 Å². The average molecular weight is 316 g/mol. The van der Waals surface area contributed by atoms with Gasteiger partial charge in [-0.2, -0.15) is 0 Å². The Kier molecular flexibility index (Phi) is 4.00. The molecule has 1 amide bonds. The number of likely N-dealkylation sites (tertiary alicyclic amines) is 1. The van der Waals surface area contributed by atoms with Crippen LogP contribution in [0, 0.1) is 5.92 Å². The lowest BCUT2D eigenvalue weighted by atomic mass is 9.85. The minimum atomic E-state index is -3.12. The number of amides is 1. The van der Waals surface area contributed by atoms with Crippen molar-refractivity contribution in [3.63, 3.8) is 0 Å². The molecule has 120 valence electrons. The molecule has 7 heteroatoms. The molecule has 1 unspecified atom stereocenters. The zero-order valence-electron chi connectivity index (χ0n) is 12.6. The summed E-state index contributed by atoms with van der Waals surface area (Å²) >= 11 is 0. The van der Waals surface area contributed by atoms with Crippen molar-refractivity contribution in [2.24, 2.45) is 5.92 Å². The molecule has 0 bridgehead atoms. The summed E-state index contributed by atoms with van der Waals surface area (Å²) in [7, 11) is -3.12. The van der Waals surface area contributed by atoms with Crippen molar-refractivity contribution in [3.05, 3.63) is 0 Å². The zero-order valence-corrected chi connectivity index (χ0v) is 13.4. The monoisotopic (exact) mass is 316 g/mol. The van der Waals surface area contributed by atoms with Crippen LogP contribution in [0.25, 0.3) is 0 Å². The summed E-state index contributed by atoms with van der Waals surface area (Å²) < 4.78 is 30.2. The SMILES string of the molecule is CS(=O)(=O)N1CCC2(CCCN2C(=O)C2CCOC2)CC1. The lowest BCUT2D eigenvalue weighted by Crippen LogP contribution is -2.56. The van der Waals surface area contributed by atoms with Gasteiger partial charge in [-0.15, -0.1) is 0 Å². The van der Waals surface area contributed by atoms with E-state index in [2.05, 4.69) is 0 Å². The van der Waals surface area contributed by atoms with Crippen molar-refractivity contribution in [1.82, 2.24) is 9.21 Å². The number of nitrogens with zero attached hydrogens (tertiary/aromatic N) is 2. The Labute approximate surface area is 126 Å².